The van der Waals surface area contributed by atoms with Crippen LogP contribution >= 0.6 is 11.8 Å². The second-order valence-corrected chi connectivity index (χ2v) is 7.35. The van der Waals surface area contributed by atoms with E-state index in [9.17, 15) is 0 Å². The Morgan fingerprint density at radius 2 is 1.89 bits per heavy atom. The molecule has 3 heteroatoms. The quantitative estimate of drug-likeness (QED) is 0.806. The van der Waals surface area contributed by atoms with Gasteiger partial charge in [-0.1, -0.05) is 45.9 Å². The zero-order valence-electron chi connectivity index (χ0n) is 12.8. The summed E-state index contributed by atoms with van der Waals surface area (Å²) < 4.78 is 6.03. The van der Waals surface area contributed by atoms with Gasteiger partial charge in [-0.25, -0.2) is 0 Å². The lowest BCUT2D eigenvalue weighted by atomic mass is 10.1. The normalized spacial score (nSPS) is 13.3. The van der Waals surface area contributed by atoms with Crippen LogP contribution in [0.3, 0.4) is 0 Å². The number of rotatable bonds is 7. The topological polar surface area (TPSA) is 21.3 Å². The van der Waals surface area contributed by atoms with Gasteiger partial charge in [0, 0.05) is 22.1 Å². The number of thioether (sulfide) groups is 1. The number of nitrogens with one attached hydrogen (secondary N) is 1. The van der Waals surface area contributed by atoms with Gasteiger partial charge in [0.05, 0.1) is 6.61 Å². The van der Waals surface area contributed by atoms with Crippen LogP contribution in [0.25, 0.3) is 0 Å². The fraction of sp³-hybridized carbons (Fsp3) is 0.625. The van der Waals surface area contributed by atoms with Crippen LogP contribution in [0.2, 0.25) is 0 Å². The molecule has 0 spiro atoms. The minimum Gasteiger partial charge on any atom is -0.494 e. The molecule has 0 heterocycles. The first-order chi connectivity index (χ1) is 8.98. The minimum atomic E-state index is 0.286. The van der Waals surface area contributed by atoms with Crippen molar-refractivity contribution in [2.75, 3.05) is 18.9 Å². The van der Waals surface area contributed by atoms with Crippen molar-refractivity contribution in [1.29, 1.82) is 0 Å². The Morgan fingerprint density at radius 1 is 1.21 bits per heavy atom. The standard InChI is InChI=1S/C16H27NOS/c1-6-17-14(12-19-16(3,4)5)13-10-8-9-11-15(13)18-7-2/h8-11,14,17H,6-7,12H2,1-5H3. The van der Waals surface area contributed by atoms with E-state index in [1.54, 1.807) is 0 Å². The molecule has 1 atom stereocenters. The van der Waals surface area contributed by atoms with Gasteiger partial charge in [-0.3, -0.25) is 0 Å². The van der Waals surface area contributed by atoms with E-state index in [0.29, 0.717) is 12.6 Å². The van der Waals surface area contributed by atoms with Gasteiger partial charge >= 0.3 is 0 Å². The fourth-order valence-corrected chi connectivity index (χ4v) is 2.86. The van der Waals surface area contributed by atoms with Gasteiger partial charge in [-0.15, -0.1) is 0 Å². The van der Waals surface area contributed by atoms with Gasteiger partial charge in [0.2, 0.25) is 0 Å². The van der Waals surface area contributed by atoms with Crippen molar-refractivity contribution in [3.05, 3.63) is 29.8 Å². The van der Waals surface area contributed by atoms with Gasteiger partial charge in [0.15, 0.2) is 0 Å². The summed E-state index contributed by atoms with van der Waals surface area (Å²) in [7, 11) is 0. The summed E-state index contributed by atoms with van der Waals surface area (Å²) in [6.07, 6.45) is 0. The minimum absolute atomic E-state index is 0.286. The van der Waals surface area contributed by atoms with Gasteiger partial charge < -0.3 is 10.1 Å². The van der Waals surface area contributed by atoms with E-state index in [4.69, 9.17) is 4.74 Å². The number of para-hydroxylation sites is 1. The predicted molar refractivity (Wildman–Crippen MR) is 86.2 cm³/mol. The van der Waals surface area contributed by atoms with Crippen LogP contribution < -0.4 is 10.1 Å². The monoisotopic (exact) mass is 281 g/mol. The smallest absolute Gasteiger partial charge is 0.124 e. The third-order valence-electron chi connectivity index (χ3n) is 2.73. The second-order valence-electron chi connectivity index (χ2n) is 5.50. The van der Waals surface area contributed by atoms with Crippen LogP contribution in [0.15, 0.2) is 24.3 Å². The van der Waals surface area contributed by atoms with E-state index in [2.05, 4.69) is 51.2 Å². The molecule has 0 aliphatic rings. The molecule has 1 rings (SSSR count). The van der Waals surface area contributed by atoms with Gasteiger partial charge in [-0.2, -0.15) is 11.8 Å². The summed E-state index contributed by atoms with van der Waals surface area (Å²) in [6.45, 7) is 12.6. The maximum Gasteiger partial charge on any atom is 0.124 e. The molecule has 1 unspecified atom stereocenters. The Morgan fingerprint density at radius 3 is 2.47 bits per heavy atom. The number of ether oxygens (including phenoxy) is 1. The first-order valence-corrected chi connectivity index (χ1v) is 8.05. The first kappa shape index (κ1) is 16.4. The van der Waals surface area contributed by atoms with Crippen LogP contribution in [0.4, 0.5) is 0 Å². The van der Waals surface area contributed by atoms with Crippen molar-refractivity contribution >= 4 is 11.8 Å². The summed E-state index contributed by atoms with van der Waals surface area (Å²) in [6, 6.07) is 8.70. The van der Waals surface area contributed by atoms with Gasteiger partial charge in [0.1, 0.15) is 5.75 Å². The SMILES string of the molecule is CCNC(CSC(C)(C)C)c1ccccc1OCC. The highest BCUT2D eigenvalue weighted by Crippen LogP contribution is 2.32. The van der Waals surface area contributed by atoms with Crippen LogP contribution in [0.5, 0.6) is 5.75 Å². The molecule has 108 valence electrons. The van der Waals surface area contributed by atoms with Gasteiger partial charge in [0.25, 0.3) is 0 Å². The fourth-order valence-electron chi connectivity index (χ4n) is 1.89. The van der Waals surface area contributed by atoms with E-state index < -0.39 is 0 Å². The average molecular weight is 281 g/mol. The molecular formula is C16H27NOS. The van der Waals surface area contributed by atoms with Crippen molar-refractivity contribution in [3.63, 3.8) is 0 Å². The molecule has 1 N–H and O–H groups in total. The summed E-state index contributed by atoms with van der Waals surface area (Å²) in [5.74, 6) is 2.06. The molecule has 1 aromatic rings. The maximum absolute atomic E-state index is 5.75. The number of hydrogen-bond acceptors (Lipinski definition) is 3. The summed E-state index contributed by atoms with van der Waals surface area (Å²) in [5.41, 5.74) is 1.27. The van der Waals surface area contributed by atoms with Crippen molar-refractivity contribution in [2.24, 2.45) is 0 Å². The summed E-state index contributed by atoms with van der Waals surface area (Å²) in [5, 5.41) is 3.57. The third kappa shape index (κ3) is 5.87. The Balaban J connectivity index is 2.85. The lowest BCUT2D eigenvalue weighted by Gasteiger charge is -2.25. The van der Waals surface area contributed by atoms with E-state index in [1.165, 1.54) is 5.56 Å². The molecular weight excluding hydrogens is 254 g/mol. The van der Waals surface area contributed by atoms with E-state index >= 15 is 0 Å². The Bertz CT molecular complexity index is 373. The molecule has 0 amide bonds. The molecule has 0 aliphatic heterocycles. The van der Waals surface area contributed by atoms with Crippen LogP contribution in [0, 0.1) is 0 Å². The zero-order valence-corrected chi connectivity index (χ0v) is 13.6. The Hall–Kier alpha value is -0.670. The highest BCUT2D eigenvalue weighted by Gasteiger charge is 2.19. The largest absolute Gasteiger partial charge is 0.494 e. The molecule has 0 aromatic heterocycles. The average Bonchev–Trinajstić information content (AvgIpc) is 2.35. The number of benzene rings is 1. The van der Waals surface area contributed by atoms with Crippen molar-refractivity contribution in [1.82, 2.24) is 5.32 Å². The summed E-state index contributed by atoms with van der Waals surface area (Å²) >= 11 is 1.99. The first-order valence-electron chi connectivity index (χ1n) is 7.07. The molecule has 2 nitrogen and oxygen atoms in total. The molecule has 0 fully saturated rings. The zero-order chi connectivity index (χ0) is 14.3. The highest BCUT2D eigenvalue weighted by atomic mass is 32.2. The predicted octanol–water partition coefficient (Wildman–Crippen LogP) is 4.27. The molecule has 0 aliphatic carbocycles. The summed E-state index contributed by atoms with van der Waals surface area (Å²) in [4.78, 5) is 0. The van der Waals surface area contributed by atoms with Crippen LogP contribution in [0.1, 0.15) is 46.2 Å². The molecule has 0 radical (unpaired) electrons. The van der Waals surface area contributed by atoms with Gasteiger partial charge in [-0.05, 0) is 19.5 Å². The highest BCUT2D eigenvalue weighted by molar-refractivity contribution is 8.00. The second kappa shape index (κ2) is 7.81. The molecule has 0 saturated carbocycles. The lowest BCUT2D eigenvalue weighted by Crippen LogP contribution is -2.25. The Labute approximate surface area is 122 Å². The molecule has 19 heavy (non-hydrogen) atoms. The van der Waals surface area contributed by atoms with E-state index in [-0.39, 0.29) is 4.75 Å². The van der Waals surface area contributed by atoms with Crippen molar-refractivity contribution in [2.45, 2.75) is 45.4 Å². The molecule has 1 aromatic carbocycles. The van der Waals surface area contributed by atoms with E-state index in [1.807, 2.05) is 24.8 Å². The third-order valence-corrected chi connectivity index (χ3v) is 4.09. The van der Waals surface area contributed by atoms with Crippen LogP contribution in [-0.2, 0) is 0 Å². The Kier molecular flexibility index (Phi) is 6.73. The van der Waals surface area contributed by atoms with Crippen molar-refractivity contribution in [3.8, 4) is 5.75 Å². The maximum atomic E-state index is 5.75. The van der Waals surface area contributed by atoms with E-state index in [0.717, 1.165) is 18.0 Å². The molecule has 0 bridgehead atoms. The molecule has 0 saturated heterocycles. The number of hydrogen-bond donors (Lipinski definition) is 1. The van der Waals surface area contributed by atoms with Crippen LogP contribution in [-0.4, -0.2) is 23.7 Å². The lowest BCUT2D eigenvalue weighted by molar-refractivity contribution is 0.333. The van der Waals surface area contributed by atoms with Crippen molar-refractivity contribution < 1.29 is 4.74 Å².